The van der Waals surface area contributed by atoms with E-state index in [9.17, 15) is 22.4 Å². The summed E-state index contributed by atoms with van der Waals surface area (Å²) in [5.74, 6) is 0.581. The lowest BCUT2D eigenvalue weighted by Gasteiger charge is -2.30. The molecule has 5 nitrogen and oxygen atoms in total. The number of pyridine rings is 1. The largest absolute Gasteiger partial charge is 0.389 e. The molecule has 2 aromatic rings. The van der Waals surface area contributed by atoms with Crippen molar-refractivity contribution in [2.45, 2.75) is 76.8 Å². The second-order valence-corrected chi connectivity index (χ2v) is 10.6. The van der Waals surface area contributed by atoms with Gasteiger partial charge in [-0.15, -0.1) is 5.10 Å². The molecule has 3 heterocycles. The van der Waals surface area contributed by atoms with E-state index in [1.54, 1.807) is 19.3 Å². The second kappa shape index (κ2) is 11.8. The third kappa shape index (κ3) is 7.85. The number of halogens is 4. The molecule has 0 saturated heterocycles. The third-order valence-corrected chi connectivity index (χ3v) is 7.73. The van der Waals surface area contributed by atoms with Gasteiger partial charge in [0.25, 0.3) is 0 Å². The van der Waals surface area contributed by atoms with Crippen LogP contribution in [0, 0.1) is 17.8 Å². The fraction of sp³-hybridized carbons (Fsp3) is 0.667. The van der Waals surface area contributed by atoms with Crippen LogP contribution in [0.2, 0.25) is 0 Å². The lowest BCUT2D eigenvalue weighted by atomic mass is 9.78. The van der Waals surface area contributed by atoms with Gasteiger partial charge in [0.05, 0.1) is 0 Å². The van der Waals surface area contributed by atoms with Gasteiger partial charge in [0.2, 0.25) is 5.95 Å². The molecule has 0 N–H and O–H groups in total. The van der Waals surface area contributed by atoms with Gasteiger partial charge >= 0.3 is 6.18 Å². The number of rotatable bonds is 9. The molecule has 198 valence electrons. The monoisotopic (exact) mass is 508 g/mol. The Bertz CT molecular complexity index is 1030. The summed E-state index contributed by atoms with van der Waals surface area (Å²) >= 11 is 0. The minimum absolute atomic E-state index is 0.0604. The molecule has 0 spiro atoms. The molecule has 0 bridgehead atoms. The van der Waals surface area contributed by atoms with Crippen molar-refractivity contribution in [2.24, 2.45) is 18.9 Å². The first-order valence-corrected chi connectivity index (χ1v) is 13.1. The average molecular weight is 509 g/mol. The molecule has 0 amide bonds. The standard InChI is InChI=1S/C27H36F4N4O/c1-34-18-22(26(28)33-34)17-24(36)16-20-4-2-19(3-5-20)9-13-35-14-10-21-6-7-23(8-12-27(29,30)31)32-25(21)11-15-35/h6-7,18-20H,2-5,8-17H2,1H3. The summed E-state index contributed by atoms with van der Waals surface area (Å²) in [6.45, 7) is 2.85. The van der Waals surface area contributed by atoms with Crippen LogP contribution >= 0.6 is 0 Å². The molecule has 2 aliphatic rings. The topological polar surface area (TPSA) is 51.0 Å². The number of alkyl halides is 3. The number of aryl methyl sites for hydroxylation is 2. The van der Waals surface area contributed by atoms with Crippen molar-refractivity contribution in [3.63, 3.8) is 0 Å². The number of fused-ring (bicyclic) bond motifs is 1. The summed E-state index contributed by atoms with van der Waals surface area (Å²) in [5.41, 5.74) is 3.02. The highest BCUT2D eigenvalue weighted by Crippen LogP contribution is 2.33. The van der Waals surface area contributed by atoms with Gasteiger partial charge in [-0.05, 0) is 62.1 Å². The van der Waals surface area contributed by atoms with E-state index >= 15 is 0 Å². The van der Waals surface area contributed by atoms with Crippen molar-refractivity contribution in [1.29, 1.82) is 0 Å². The minimum Gasteiger partial charge on any atom is -0.303 e. The van der Waals surface area contributed by atoms with Gasteiger partial charge < -0.3 is 4.90 Å². The number of aromatic nitrogens is 3. The molecule has 9 heteroatoms. The molecule has 36 heavy (non-hydrogen) atoms. The molecule has 0 atom stereocenters. The maximum Gasteiger partial charge on any atom is 0.389 e. The summed E-state index contributed by atoms with van der Waals surface area (Å²) in [6.07, 6.45) is 4.29. The lowest BCUT2D eigenvalue weighted by Crippen LogP contribution is -2.29. The van der Waals surface area contributed by atoms with Crippen LogP contribution in [0.4, 0.5) is 17.6 Å². The molecular formula is C27H36F4N4O. The Morgan fingerprint density at radius 2 is 1.81 bits per heavy atom. The van der Waals surface area contributed by atoms with Gasteiger partial charge in [-0.2, -0.15) is 17.6 Å². The van der Waals surface area contributed by atoms with Crippen LogP contribution in [-0.2, 0) is 37.5 Å². The van der Waals surface area contributed by atoms with E-state index in [-0.39, 0.29) is 18.6 Å². The number of nitrogens with zero attached hydrogens (tertiary/aromatic N) is 4. The van der Waals surface area contributed by atoms with E-state index in [1.165, 1.54) is 4.68 Å². The predicted molar refractivity (Wildman–Crippen MR) is 129 cm³/mol. The zero-order valence-electron chi connectivity index (χ0n) is 21.0. The fourth-order valence-corrected chi connectivity index (χ4v) is 5.63. The summed E-state index contributed by atoms with van der Waals surface area (Å²) in [7, 11) is 1.65. The van der Waals surface area contributed by atoms with Gasteiger partial charge in [-0.3, -0.25) is 14.5 Å². The Balaban J connectivity index is 1.16. The van der Waals surface area contributed by atoms with Gasteiger partial charge in [-0.1, -0.05) is 18.9 Å². The van der Waals surface area contributed by atoms with Crippen LogP contribution in [0.25, 0.3) is 0 Å². The SMILES string of the molecule is Cn1cc(CC(=O)CC2CCC(CCN3CCc4ccc(CCC(F)(F)F)nc4CC3)CC2)c(F)n1. The highest BCUT2D eigenvalue weighted by Gasteiger charge is 2.27. The van der Waals surface area contributed by atoms with Crippen LogP contribution < -0.4 is 0 Å². The highest BCUT2D eigenvalue weighted by molar-refractivity contribution is 5.81. The molecule has 1 aliphatic carbocycles. The Kier molecular flexibility index (Phi) is 8.80. The summed E-state index contributed by atoms with van der Waals surface area (Å²) < 4.78 is 52.7. The van der Waals surface area contributed by atoms with Crippen LogP contribution in [0.5, 0.6) is 0 Å². The quantitative estimate of drug-likeness (QED) is 0.435. The van der Waals surface area contributed by atoms with E-state index in [2.05, 4.69) is 15.0 Å². The molecule has 1 fully saturated rings. The molecule has 2 aromatic heterocycles. The fourth-order valence-electron chi connectivity index (χ4n) is 5.63. The molecule has 4 rings (SSSR count). The maximum atomic E-state index is 13.7. The zero-order valence-corrected chi connectivity index (χ0v) is 21.0. The van der Waals surface area contributed by atoms with Crippen molar-refractivity contribution in [3.8, 4) is 0 Å². The Hall–Kier alpha value is -2.29. The molecule has 1 saturated carbocycles. The molecule has 1 aliphatic heterocycles. The first-order valence-electron chi connectivity index (χ1n) is 13.1. The van der Waals surface area contributed by atoms with Crippen molar-refractivity contribution >= 4 is 5.78 Å². The minimum atomic E-state index is -4.15. The van der Waals surface area contributed by atoms with E-state index < -0.39 is 18.5 Å². The van der Waals surface area contributed by atoms with E-state index in [0.717, 1.165) is 75.8 Å². The third-order valence-electron chi connectivity index (χ3n) is 7.73. The van der Waals surface area contributed by atoms with Crippen molar-refractivity contribution in [1.82, 2.24) is 19.7 Å². The number of hydrogen-bond donors (Lipinski definition) is 0. The molecule has 0 aromatic carbocycles. The normalized spacial score (nSPS) is 21.2. The van der Waals surface area contributed by atoms with Gasteiger partial charge in [0.15, 0.2) is 0 Å². The first-order chi connectivity index (χ1) is 17.1. The number of Topliss-reactive ketones (excluding diaryl/α,β-unsaturated/α-hetero) is 1. The zero-order chi connectivity index (χ0) is 25.7. The first kappa shape index (κ1) is 26.8. The number of hydrogen-bond acceptors (Lipinski definition) is 4. The Labute approximate surface area is 210 Å². The van der Waals surface area contributed by atoms with Crippen molar-refractivity contribution in [2.75, 3.05) is 19.6 Å². The van der Waals surface area contributed by atoms with Gasteiger partial charge in [-0.25, -0.2) is 0 Å². The summed E-state index contributed by atoms with van der Waals surface area (Å²) in [6, 6.07) is 3.71. The van der Waals surface area contributed by atoms with Crippen molar-refractivity contribution < 1.29 is 22.4 Å². The smallest absolute Gasteiger partial charge is 0.303 e. The van der Waals surface area contributed by atoms with E-state index in [0.29, 0.717) is 29.5 Å². The Morgan fingerprint density at radius 3 is 2.50 bits per heavy atom. The second-order valence-electron chi connectivity index (χ2n) is 10.6. The van der Waals surface area contributed by atoms with E-state index in [4.69, 9.17) is 0 Å². The van der Waals surface area contributed by atoms with Crippen LogP contribution in [0.15, 0.2) is 18.3 Å². The van der Waals surface area contributed by atoms with Gasteiger partial charge in [0, 0.05) is 69.0 Å². The summed E-state index contributed by atoms with van der Waals surface area (Å²) in [4.78, 5) is 19.4. The lowest BCUT2D eigenvalue weighted by molar-refractivity contribution is -0.134. The summed E-state index contributed by atoms with van der Waals surface area (Å²) in [5, 5.41) is 3.67. The maximum absolute atomic E-state index is 13.7. The Morgan fingerprint density at radius 1 is 1.08 bits per heavy atom. The number of carbonyl (C=O) groups is 1. The number of carbonyl (C=O) groups excluding carboxylic acids is 1. The average Bonchev–Trinajstić information content (AvgIpc) is 3.01. The van der Waals surface area contributed by atoms with Crippen LogP contribution in [0.3, 0.4) is 0 Å². The predicted octanol–water partition coefficient (Wildman–Crippen LogP) is 5.25. The van der Waals surface area contributed by atoms with Crippen molar-refractivity contribution in [3.05, 3.63) is 46.8 Å². The molecule has 0 radical (unpaired) electrons. The van der Waals surface area contributed by atoms with Crippen LogP contribution in [-0.4, -0.2) is 51.3 Å². The highest BCUT2D eigenvalue weighted by atomic mass is 19.4. The van der Waals surface area contributed by atoms with Gasteiger partial charge in [0.1, 0.15) is 5.78 Å². The molecular weight excluding hydrogens is 472 g/mol. The number of ketones is 1. The van der Waals surface area contributed by atoms with E-state index in [1.807, 2.05) is 6.07 Å². The van der Waals surface area contributed by atoms with Crippen LogP contribution in [0.1, 0.15) is 67.5 Å². The molecule has 0 unspecified atom stereocenters.